The van der Waals surface area contributed by atoms with Crippen LogP contribution in [0.25, 0.3) is 0 Å². The molecule has 5 nitrogen and oxygen atoms in total. The highest BCUT2D eigenvalue weighted by atomic mass is 35.5. The molecule has 0 amide bonds. The van der Waals surface area contributed by atoms with Crippen molar-refractivity contribution < 1.29 is 13.2 Å². The molecule has 1 saturated heterocycles. The van der Waals surface area contributed by atoms with Crippen LogP contribution in [0.3, 0.4) is 0 Å². The van der Waals surface area contributed by atoms with E-state index in [1.807, 2.05) is 0 Å². The van der Waals surface area contributed by atoms with E-state index in [2.05, 4.69) is 16.5 Å². The zero-order valence-corrected chi connectivity index (χ0v) is 15.3. The second-order valence-electron chi connectivity index (χ2n) is 6.09. The minimum absolute atomic E-state index is 0.0825. The van der Waals surface area contributed by atoms with Gasteiger partial charge in [-0.15, -0.1) is 0 Å². The van der Waals surface area contributed by atoms with Gasteiger partial charge < -0.3 is 9.64 Å². The molecule has 1 aliphatic heterocycles. The molecule has 1 aromatic carbocycles. The maximum atomic E-state index is 12.4. The van der Waals surface area contributed by atoms with E-state index in [4.69, 9.17) is 16.3 Å². The quantitative estimate of drug-likeness (QED) is 0.759. The van der Waals surface area contributed by atoms with Gasteiger partial charge in [-0.05, 0) is 56.5 Å². The van der Waals surface area contributed by atoms with Crippen LogP contribution in [-0.4, -0.2) is 46.6 Å². The summed E-state index contributed by atoms with van der Waals surface area (Å²) in [7, 11) is -2.17. The molecular weight excluding hydrogens is 336 g/mol. The Hall–Kier alpha value is -0.820. The summed E-state index contributed by atoms with van der Waals surface area (Å²) in [4.78, 5) is 2.49. The number of piperidine rings is 1. The van der Waals surface area contributed by atoms with Crippen molar-refractivity contribution in [2.24, 2.45) is 5.92 Å². The molecule has 0 aliphatic carbocycles. The van der Waals surface area contributed by atoms with E-state index >= 15 is 0 Å². The van der Waals surface area contributed by atoms with Gasteiger partial charge in [0.2, 0.25) is 10.0 Å². The number of hydrogen-bond acceptors (Lipinski definition) is 4. The molecule has 23 heavy (non-hydrogen) atoms. The number of likely N-dealkylation sites (tertiary alicyclic amines) is 1. The van der Waals surface area contributed by atoms with Crippen molar-refractivity contribution in [1.82, 2.24) is 9.62 Å². The van der Waals surface area contributed by atoms with E-state index < -0.39 is 10.0 Å². The van der Waals surface area contributed by atoms with Crippen LogP contribution in [0.5, 0.6) is 5.75 Å². The highest BCUT2D eigenvalue weighted by Gasteiger charge is 2.20. The number of halogens is 1. The van der Waals surface area contributed by atoms with E-state index in [0.29, 0.717) is 17.3 Å². The third-order valence-electron chi connectivity index (χ3n) is 4.10. The zero-order chi connectivity index (χ0) is 16.9. The summed E-state index contributed by atoms with van der Waals surface area (Å²) in [6, 6.07) is 4.58. The molecule has 1 unspecified atom stereocenters. The van der Waals surface area contributed by atoms with Gasteiger partial charge in [0, 0.05) is 18.1 Å². The minimum Gasteiger partial charge on any atom is -0.495 e. The molecule has 2 rings (SSSR count). The van der Waals surface area contributed by atoms with Gasteiger partial charge in [0.25, 0.3) is 0 Å². The van der Waals surface area contributed by atoms with Crippen molar-refractivity contribution in [3.05, 3.63) is 23.2 Å². The third kappa shape index (κ3) is 5.35. The first-order chi connectivity index (χ1) is 10.9. The van der Waals surface area contributed by atoms with Crippen LogP contribution < -0.4 is 9.46 Å². The number of nitrogens with one attached hydrogen (secondary N) is 1. The van der Waals surface area contributed by atoms with Crippen molar-refractivity contribution >= 4 is 21.6 Å². The normalized spacial score (nSPS) is 19.7. The largest absolute Gasteiger partial charge is 0.495 e. The summed E-state index contributed by atoms with van der Waals surface area (Å²) in [5.74, 6) is 1.03. The summed E-state index contributed by atoms with van der Waals surface area (Å²) in [5.41, 5.74) is 0. The van der Waals surface area contributed by atoms with E-state index in [1.165, 1.54) is 26.0 Å². The molecule has 1 fully saturated rings. The number of sulfonamides is 1. The molecule has 1 atom stereocenters. The van der Waals surface area contributed by atoms with E-state index in [0.717, 1.165) is 32.0 Å². The van der Waals surface area contributed by atoms with Crippen LogP contribution >= 0.6 is 11.6 Å². The van der Waals surface area contributed by atoms with Crippen LogP contribution in [0.2, 0.25) is 5.02 Å². The van der Waals surface area contributed by atoms with E-state index in [-0.39, 0.29) is 4.90 Å². The molecule has 1 heterocycles. The molecule has 0 aromatic heterocycles. The fourth-order valence-corrected chi connectivity index (χ4v) is 4.44. The average Bonchev–Trinajstić information content (AvgIpc) is 2.52. The Morgan fingerprint density at radius 1 is 1.43 bits per heavy atom. The lowest BCUT2D eigenvalue weighted by atomic mass is 10.0. The maximum Gasteiger partial charge on any atom is 0.244 e. The molecule has 1 aromatic rings. The minimum atomic E-state index is -3.62. The molecule has 0 bridgehead atoms. The zero-order valence-electron chi connectivity index (χ0n) is 13.7. The Kier molecular flexibility index (Phi) is 6.71. The van der Waals surface area contributed by atoms with Gasteiger partial charge >= 0.3 is 0 Å². The number of hydrogen-bond donors (Lipinski definition) is 1. The van der Waals surface area contributed by atoms with E-state index in [1.54, 1.807) is 12.1 Å². The van der Waals surface area contributed by atoms with Crippen molar-refractivity contribution in [2.45, 2.75) is 31.1 Å². The highest BCUT2D eigenvalue weighted by molar-refractivity contribution is 7.89. The summed E-state index contributed by atoms with van der Waals surface area (Å²) >= 11 is 5.90. The van der Waals surface area contributed by atoms with Crippen molar-refractivity contribution in [2.75, 3.05) is 33.3 Å². The maximum absolute atomic E-state index is 12.4. The Morgan fingerprint density at radius 3 is 2.91 bits per heavy atom. The SMILES string of the molecule is COc1ccc(Cl)cc1S(=O)(=O)NCCCN1CCCC(C)C1. The third-order valence-corrected chi connectivity index (χ3v) is 5.82. The van der Waals surface area contributed by atoms with Gasteiger partial charge in [0.15, 0.2) is 0 Å². The van der Waals surface area contributed by atoms with Crippen molar-refractivity contribution in [3.63, 3.8) is 0 Å². The molecule has 7 heteroatoms. The van der Waals surface area contributed by atoms with E-state index in [9.17, 15) is 8.42 Å². The molecule has 130 valence electrons. The summed E-state index contributed by atoms with van der Waals surface area (Å²) < 4.78 is 32.6. The molecule has 1 N–H and O–H groups in total. The lowest BCUT2D eigenvalue weighted by Gasteiger charge is -2.30. The molecule has 0 radical (unpaired) electrons. The predicted molar refractivity (Wildman–Crippen MR) is 92.6 cm³/mol. The summed E-state index contributed by atoms with van der Waals surface area (Å²) in [6.07, 6.45) is 3.30. The number of rotatable bonds is 7. The van der Waals surface area contributed by atoms with Crippen LogP contribution in [-0.2, 0) is 10.0 Å². The second-order valence-corrected chi connectivity index (χ2v) is 8.27. The molecule has 0 saturated carbocycles. The fraction of sp³-hybridized carbons (Fsp3) is 0.625. The number of methoxy groups -OCH3 is 1. The number of ether oxygens (including phenoxy) is 1. The highest BCUT2D eigenvalue weighted by Crippen LogP contribution is 2.26. The summed E-state index contributed by atoms with van der Waals surface area (Å²) in [5, 5.41) is 0.369. The van der Waals surface area contributed by atoms with Crippen molar-refractivity contribution in [3.8, 4) is 5.75 Å². The van der Waals surface area contributed by atoms with Gasteiger partial charge in [-0.3, -0.25) is 0 Å². The lowest BCUT2D eigenvalue weighted by Crippen LogP contribution is -2.36. The first-order valence-electron chi connectivity index (χ1n) is 7.98. The standard InChI is InChI=1S/C16H25ClN2O3S/c1-13-5-3-9-19(12-13)10-4-8-18-23(20,21)16-11-14(17)6-7-15(16)22-2/h6-7,11,13,18H,3-5,8-10,12H2,1-2H3. The van der Waals surface area contributed by atoms with Crippen molar-refractivity contribution in [1.29, 1.82) is 0 Å². The smallest absolute Gasteiger partial charge is 0.244 e. The molecule has 0 spiro atoms. The van der Waals surface area contributed by atoms with Crippen LogP contribution in [0.4, 0.5) is 0 Å². The van der Waals surface area contributed by atoms with Gasteiger partial charge in [-0.1, -0.05) is 18.5 Å². The lowest BCUT2D eigenvalue weighted by molar-refractivity contribution is 0.182. The monoisotopic (exact) mass is 360 g/mol. The Bertz CT molecular complexity index is 622. The van der Waals surface area contributed by atoms with Crippen LogP contribution in [0.1, 0.15) is 26.2 Å². The first-order valence-corrected chi connectivity index (χ1v) is 9.84. The average molecular weight is 361 g/mol. The Morgan fingerprint density at radius 2 is 2.22 bits per heavy atom. The van der Waals surface area contributed by atoms with Gasteiger partial charge in [-0.25, -0.2) is 13.1 Å². The molecule has 1 aliphatic rings. The Balaban J connectivity index is 1.88. The van der Waals surface area contributed by atoms with Gasteiger partial charge in [0.05, 0.1) is 7.11 Å². The Labute approximate surface area is 144 Å². The second kappa shape index (κ2) is 8.33. The molecular formula is C16H25ClN2O3S. The van der Waals surface area contributed by atoms with Crippen LogP contribution in [0.15, 0.2) is 23.1 Å². The number of nitrogens with zero attached hydrogens (tertiary/aromatic N) is 1. The summed E-state index contributed by atoms with van der Waals surface area (Å²) in [6.45, 7) is 5.80. The first kappa shape index (κ1) is 18.5. The predicted octanol–water partition coefficient (Wildman–Crippen LogP) is 2.75. The topological polar surface area (TPSA) is 58.6 Å². The number of benzene rings is 1. The van der Waals surface area contributed by atoms with Gasteiger partial charge in [-0.2, -0.15) is 0 Å². The fourth-order valence-electron chi connectivity index (χ4n) is 2.94. The van der Waals surface area contributed by atoms with Gasteiger partial charge in [0.1, 0.15) is 10.6 Å². The van der Waals surface area contributed by atoms with Crippen LogP contribution in [0, 0.1) is 5.92 Å².